The molecular weight excluding hydrogens is 243 g/mol. The van der Waals surface area contributed by atoms with Crippen LogP contribution in [0.15, 0.2) is 0 Å². The molecule has 3 heteroatoms. The molecule has 0 fully saturated rings. The average Bonchev–Trinajstić information content (AvgIpc) is 2.29. The standard InChI is InChI=1S/C15H33O2P/c1-3-4-5-6-7-8-9-10-11-12-13-14-15-18(2,16)17/h3-15H2,1-2H3,(H,16,17). The lowest BCUT2D eigenvalue weighted by Crippen LogP contribution is -1.88. The van der Waals surface area contributed by atoms with Gasteiger partial charge in [-0.3, -0.25) is 4.57 Å². The second kappa shape index (κ2) is 12.2. The second-order valence-electron chi connectivity index (χ2n) is 5.66. The van der Waals surface area contributed by atoms with Crippen LogP contribution >= 0.6 is 7.37 Å². The van der Waals surface area contributed by atoms with E-state index in [4.69, 9.17) is 4.89 Å². The molecule has 1 N–H and O–H groups in total. The molecule has 0 aliphatic carbocycles. The van der Waals surface area contributed by atoms with Crippen molar-refractivity contribution >= 4 is 7.37 Å². The molecule has 0 saturated heterocycles. The average molecular weight is 276 g/mol. The van der Waals surface area contributed by atoms with Crippen LogP contribution in [0.25, 0.3) is 0 Å². The van der Waals surface area contributed by atoms with Gasteiger partial charge in [0.25, 0.3) is 0 Å². The lowest BCUT2D eigenvalue weighted by molar-refractivity contribution is 0.480. The van der Waals surface area contributed by atoms with Crippen molar-refractivity contribution < 1.29 is 9.46 Å². The fourth-order valence-corrected chi connectivity index (χ4v) is 3.06. The highest BCUT2D eigenvalue weighted by atomic mass is 31.2. The molecule has 0 aliphatic heterocycles. The van der Waals surface area contributed by atoms with Gasteiger partial charge in [0.05, 0.1) is 0 Å². The Morgan fingerprint density at radius 2 is 1.06 bits per heavy atom. The van der Waals surface area contributed by atoms with Gasteiger partial charge in [0.2, 0.25) is 0 Å². The summed E-state index contributed by atoms with van der Waals surface area (Å²) < 4.78 is 11.1. The third-order valence-corrected chi connectivity index (χ3v) is 4.57. The summed E-state index contributed by atoms with van der Waals surface area (Å²) in [7, 11) is -2.75. The van der Waals surface area contributed by atoms with E-state index in [1.807, 2.05) is 0 Å². The summed E-state index contributed by atoms with van der Waals surface area (Å²) in [5.41, 5.74) is 0. The number of hydrogen-bond donors (Lipinski definition) is 1. The molecule has 1 atom stereocenters. The van der Waals surface area contributed by atoms with Crippen LogP contribution in [0.2, 0.25) is 0 Å². The van der Waals surface area contributed by atoms with Crippen LogP contribution in [0.1, 0.15) is 84.0 Å². The first-order valence-corrected chi connectivity index (χ1v) is 10.1. The van der Waals surface area contributed by atoms with E-state index in [2.05, 4.69) is 6.92 Å². The Bertz CT molecular complexity index is 211. The minimum absolute atomic E-state index is 0.504. The van der Waals surface area contributed by atoms with Crippen LogP contribution in [-0.4, -0.2) is 17.7 Å². The van der Waals surface area contributed by atoms with E-state index in [-0.39, 0.29) is 0 Å². The van der Waals surface area contributed by atoms with Crippen molar-refractivity contribution in [2.75, 3.05) is 12.8 Å². The van der Waals surface area contributed by atoms with Gasteiger partial charge >= 0.3 is 0 Å². The van der Waals surface area contributed by atoms with Crippen molar-refractivity contribution in [3.05, 3.63) is 0 Å². The van der Waals surface area contributed by atoms with E-state index in [0.717, 1.165) is 12.8 Å². The van der Waals surface area contributed by atoms with Gasteiger partial charge in [0.15, 0.2) is 7.37 Å². The molecule has 0 saturated carbocycles. The predicted octanol–water partition coefficient (Wildman–Crippen LogP) is 5.59. The van der Waals surface area contributed by atoms with Gasteiger partial charge in [-0.05, 0) is 6.42 Å². The first-order valence-electron chi connectivity index (χ1n) is 7.85. The molecule has 0 aromatic carbocycles. The Morgan fingerprint density at radius 1 is 0.722 bits per heavy atom. The molecule has 18 heavy (non-hydrogen) atoms. The van der Waals surface area contributed by atoms with Crippen molar-refractivity contribution in [3.63, 3.8) is 0 Å². The van der Waals surface area contributed by atoms with Gasteiger partial charge in [-0.2, -0.15) is 0 Å². The van der Waals surface area contributed by atoms with Gasteiger partial charge in [0, 0.05) is 12.8 Å². The summed E-state index contributed by atoms with van der Waals surface area (Å²) >= 11 is 0. The first-order chi connectivity index (χ1) is 8.56. The van der Waals surface area contributed by atoms with E-state index in [1.165, 1.54) is 70.9 Å². The van der Waals surface area contributed by atoms with Crippen LogP contribution < -0.4 is 0 Å². The van der Waals surface area contributed by atoms with Crippen molar-refractivity contribution in [1.29, 1.82) is 0 Å². The highest BCUT2D eigenvalue weighted by Crippen LogP contribution is 2.36. The summed E-state index contributed by atoms with van der Waals surface area (Å²) in [6, 6.07) is 0. The zero-order valence-electron chi connectivity index (χ0n) is 12.5. The van der Waals surface area contributed by atoms with Gasteiger partial charge in [-0.15, -0.1) is 0 Å². The summed E-state index contributed by atoms with van der Waals surface area (Å²) in [5.74, 6) is 0. The summed E-state index contributed by atoms with van der Waals surface area (Å²) in [5, 5.41) is 0. The molecule has 2 nitrogen and oxygen atoms in total. The molecule has 0 radical (unpaired) electrons. The van der Waals surface area contributed by atoms with Crippen LogP contribution in [0.3, 0.4) is 0 Å². The number of hydrogen-bond acceptors (Lipinski definition) is 1. The molecular formula is C15H33O2P. The Kier molecular flexibility index (Phi) is 12.4. The predicted molar refractivity (Wildman–Crippen MR) is 81.7 cm³/mol. The summed E-state index contributed by atoms with van der Waals surface area (Å²) in [6.07, 6.45) is 16.1. The van der Waals surface area contributed by atoms with Crippen molar-refractivity contribution in [2.45, 2.75) is 84.0 Å². The van der Waals surface area contributed by atoms with E-state index in [0.29, 0.717) is 6.16 Å². The lowest BCUT2D eigenvalue weighted by Gasteiger charge is -2.05. The zero-order chi connectivity index (χ0) is 13.7. The molecule has 0 bridgehead atoms. The fraction of sp³-hybridized carbons (Fsp3) is 1.00. The van der Waals surface area contributed by atoms with E-state index in [1.54, 1.807) is 0 Å². The second-order valence-corrected chi connectivity index (χ2v) is 8.21. The van der Waals surface area contributed by atoms with E-state index >= 15 is 0 Å². The van der Waals surface area contributed by atoms with Crippen molar-refractivity contribution in [1.82, 2.24) is 0 Å². The largest absolute Gasteiger partial charge is 0.344 e. The van der Waals surface area contributed by atoms with Crippen LogP contribution in [0.5, 0.6) is 0 Å². The Labute approximate surface area is 114 Å². The van der Waals surface area contributed by atoms with E-state index in [9.17, 15) is 4.57 Å². The Hall–Kier alpha value is 0.190. The van der Waals surface area contributed by atoms with Crippen LogP contribution in [-0.2, 0) is 4.57 Å². The monoisotopic (exact) mass is 276 g/mol. The molecule has 1 unspecified atom stereocenters. The number of unbranched alkanes of at least 4 members (excludes halogenated alkanes) is 11. The normalized spacial score (nSPS) is 14.6. The van der Waals surface area contributed by atoms with Crippen LogP contribution in [0, 0.1) is 0 Å². The highest BCUT2D eigenvalue weighted by Gasteiger charge is 2.07. The maximum absolute atomic E-state index is 11.1. The first kappa shape index (κ1) is 18.2. The summed E-state index contributed by atoms with van der Waals surface area (Å²) in [4.78, 5) is 9.13. The maximum Gasteiger partial charge on any atom is 0.197 e. The molecule has 0 heterocycles. The van der Waals surface area contributed by atoms with E-state index < -0.39 is 7.37 Å². The zero-order valence-corrected chi connectivity index (χ0v) is 13.4. The topological polar surface area (TPSA) is 37.3 Å². The van der Waals surface area contributed by atoms with Gasteiger partial charge in [-0.1, -0.05) is 77.6 Å². The van der Waals surface area contributed by atoms with Crippen molar-refractivity contribution in [2.24, 2.45) is 0 Å². The third-order valence-electron chi connectivity index (χ3n) is 3.43. The quantitative estimate of drug-likeness (QED) is 0.352. The molecule has 0 amide bonds. The molecule has 110 valence electrons. The Morgan fingerprint density at radius 3 is 1.39 bits per heavy atom. The minimum Gasteiger partial charge on any atom is -0.344 e. The maximum atomic E-state index is 11.1. The highest BCUT2D eigenvalue weighted by molar-refractivity contribution is 7.57. The van der Waals surface area contributed by atoms with Gasteiger partial charge in [0.1, 0.15) is 0 Å². The SMILES string of the molecule is CCCCCCCCCCCCCCP(C)(=O)O. The minimum atomic E-state index is -2.75. The summed E-state index contributed by atoms with van der Waals surface area (Å²) in [6.45, 7) is 3.72. The molecule has 0 spiro atoms. The molecule has 0 aliphatic rings. The van der Waals surface area contributed by atoms with Gasteiger partial charge < -0.3 is 4.89 Å². The molecule has 0 aromatic heterocycles. The Balaban J connectivity index is 3.01. The van der Waals surface area contributed by atoms with Gasteiger partial charge in [-0.25, -0.2) is 0 Å². The molecule has 0 rings (SSSR count). The van der Waals surface area contributed by atoms with Crippen LogP contribution in [0.4, 0.5) is 0 Å². The third kappa shape index (κ3) is 16.2. The van der Waals surface area contributed by atoms with Crippen molar-refractivity contribution in [3.8, 4) is 0 Å². The smallest absolute Gasteiger partial charge is 0.197 e. The molecule has 0 aromatic rings. The fourth-order valence-electron chi connectivity index (χ4n) is 2.25. The lowest BCUT2D eigenvalue weighted by atomic mass is 10.1. The number of rotatable bonds is 13.